The molecule has 0 aliphatic carbocycles. The largest absolute Gasteiger partial charge is 0.358 e. The van der Waals surface area contributed by atoms with Crippen LogP contribution in [0, 0.1) is 12.7 Å². The number of rotatable bonds is 6. The van der Waals surface area contributed by atoms with Gasteiger partial charge in [-0.25, -0.2) is 17.8 Å². The lowest BCUT2D eigenvalue weighted by Crippen LogP contribution is -2.47. The topological polar surface area (TPSA) is 104 Å². The van der Waals surface area contributed by atoms with Crippen LogP contribution in [0.15, 0.2) is 35.6 Å². The van der Waals surface area contributed by atoms with Crippen molar-refractivity contribution in [3.8, 4) is 0 Å². The van der Waals surface area contributed by atoms with Crippen molar-refractivity contribution < 1.29 is 17.6 Å². The minimum Gasteiger partial charge on any atom is -0.358 e. The number of hydrogen-bond donors (Lipinski definition) is 3. The Morgan fingerprint density at radius 1 is 1.43 bits per heavy atom. The highest BCUT2D eigenvalue weighted by Gasteiger charge is 2.28. The van der Waals surface area contributed by atoms with E-state index in [4.69, 9.17) is 0 Å². The average molecular weight is 340 g/mol. The van der Waals surface area contributed by atoms with Crippen molar-refractivity contribution in [3.63, 3.8) is 0 Å². The molecule has 3 N–H and O–H groups in total. The molecule has 124 valence electrons. The summed E-state index contributed by atoms with van der Waals surface area (Å²) in [6.45, 7) is 1.47. The number of halogens is 1. The van der Waals surface area contributed by atoms with Crippen LogP contribution >= 0.6 is 0 Å². The van der Waals surface area contributed by atoms with Crippen LogP contribution in [0.25, 0.3) is 0 Å². The normalized spacial score (nSPS) is 12.8. The highest BCUT2D eigenvalue weighted by molar-refractivity contribution is 7.89. The van der Waals surface area contributed by atoms with Crippen molar-refractivity contribution in [1.29, 1.82) is 0 Å². The van der Waals surface area contributed by atoms with Gasteiger partial charge in [-0.05, 0) is 18.6 Å². The molecule has 2 aromatic rings. The standard InChI is InChI=1S/C14H17FN4O3S/c1-9-4-3-5-12(13(9)15)23(21,22)19-11(14(20)16-2)6-10-7-17-8-18-10/h3-5,7-8,11,19H,6H2,1-2H3,(H,16,20)(H,17,18)/t11-/m0/s1. The smallest absolute Gasteiger partial charge is 0.244 e. The van der Waals surface area contributed by atoms with E-state index in [0.29, 0.717) is 5.69 Å². The van der Waals surface area contributed by atoms with E-state index in [1.54, 1.807) is 0 Å². The van der Waals surface area contributed by atoms with Gasteiger partial charge in [0.1, 0.15) is 16.8 Å². The lowest BCUT2D eigenvalue weighted by atomic mass is 10.2. The molecule has 1 atom stereocenters. The third-order valence-corrected chi connectivity index (χ3v) is 4.77. The maximum absolute atomic E-state index is 14.1. The fraction of sp³-hybridized carbons (Fsp3) is 0.286. The molecule has 0 fully saturated rings. The second-order valence-electron chi connectivity index (χ2n) is 4.96. The van der Waals surface area contributed by atoms with Crippen LogP contribution in [-0.4, -0.2) is 37.4 Å². The number of benzene rings is 1. The quantitative estimate of drug-likeness (QED) is 0.712. The number of nitrogens with zero attached hydrogens (tertiary/aromatic N) is 1. The molecule has 0 unspecified atom stereocenters. The number of carbonyl (C=O) groups excluding carboxylic acids is 1. The first-order valence-corrected chi connectivity index (χ1v) is 8.29. The number of likely N-dealkylation sites (N-methyl/N-ethyl adjacent to an activating group) is 1. The molecule has 23 heavy (non-hydrogen) atoms. The average Bonchev–Trinajstić information content (AvgIpc) is 3.01. The number of imidazole rings is 1. The van der Waals surface area contributed by atoms with Crippen LogP contribution < -0.4 is 10.0 Å². The molecule has 0 saturated heterocycles. The number of nitrogens with one attached hydrogen (secondary N) is 3. The Bertz CT molecular complexity index is 790. The van der Waals surface area contributed by atoms with Crippen LogP contribution in [0.5, 0.6) is 0 Å². The Kier molecular flexibility index (Phi) is 5.12. The van der Waals surface area contributed by atoms with E-state index in [9.17, 15) is 17.6 Å². The minimum absolute atomic E-state index is 0.0618. The molecule has 0 saturated carbocycles. The number of aryl methyl sites for hydroxylation is 1. The highest BCUT2D eigenvalue weighted by atomic mass is 32.2. The molecular weight excluding hydrogens is 323 g/mol. The van der Waals surface area contributed by atoms with Gasteiger partial charge in [-0.1, -0.05) is 12.1 Å². The van der Waals surface area contributed by atoms with Gasteiger partial charge in [-0.2, -0.15) is 4.72 Å². The number of aromatic nitrogens is 2. The molecule has 1 amide bonds. The van der Waals surface area contributed by atoms with E-state index in [1.807, 2.05) is 0 Å². The van der Waals surface area contributed by atoms with Gasteiger partial charge >= 0.3 is 0 Å². The number of sulfonamides is 1. The summed E-state index contributed by atoms with van der Waals surface area (Å²) in [5, 5.41) is 2.38. The summed E-state index contributed by atoms with van der Waals surface area (Å²) >= 11 is 0. The third kappa shape index (κ3) is 3.93. The van der Waals surface area contributed by atoms with Crippen LogP contribution in [0.2, 0.25) is 0 Å². The minimum atomic E-state index is -4.19. The molecule has 7 nitrogen and oxygen atoms in total. The van der Waals surface area contributed by atoms with E-state index < -0.39 is 32.7 Å². The fourth-order valence-corrected chi connectivity index (χ4v) is 3.40. The fourth-order valence-electron chi connectivity index (χ4n) is 2.06. The van der Waals surface area contributed by atoms with E-state index in [-0.39, 0.29) is 12.0 Å². The lowest BCUT2D eigenvalue weighted by Gasteiger charge is -2.17. The molecule has 0 radical (unpaired) electrons. The molecule has 0 aliphatic heterocycles. The van der Waals surface area contributed by atoms with E-state index in [1.165, 1.54) is 38.6 Å². The first-order valence-electron chi connectivity index (χ1n) is 6.81. The maximum Gasteiger partial charge on any atom is 0.244 e. The molecule has 0 aliphatic rings. The number of hydrogen-bond acceptors (Lipinski definition) is 4. The Morgan fingerprint density at radius 2 is 2.17 bits per heavy atom. The van der Waals surface area contributed by atoms with Crippen LogP contribution in [0.3, 0.4) is 0 Å². The number of H-pyrrole nitrogens is 1. The zero-order valence-electron chi connectivity index (χ0n) is 12.6. The number of aromatic amines is 1. The molecule has 0 spiro atoms. The molecule has 1 heterocycles. The summed E-state index contributed by atoms with van der Waals surface area (Å²) in [7, 11) is -2.80. The summed E-state index contributed by atoms with van der Waals surface area (Å²) in [6.07, 6.45) is 2.97. The van der Waals surface area contributed by atoms with Crippen molar-refractivity contribution in [2.24, 2.45) is 0 Å². The highest BCUT2D eigenvalue weighted by Crippen LogP contribution is 2.18. The summed E-state index contributed by atoms with van der Waals surface area (Å²) in [5.41, 5.74) is 0.781. The maximum atomic E-state index is 14.1. The Labute approximate surface area is 133 Å². The summed E-state index contributed by atoms with van der Waals surface area (Å²) < 4.78 is 41.1. The van der Waals surface area contributed by atoms with Gasteiger partial charge in [0.2, 0.25) is 15.9 Å². The van der Waals surface area contributed by atoms with Gasteiger partial charge in [-0.15, -0.1) is 0 Å². The number of carbonyl (C=O) groups is 1. The molecule has 9 heteroatoms. The predicted octanol–water partition coefficient (Wildman–Crippen LogP) is 0.493. The molecule has 0 bridgehead atoms. The Morgan fingerprint density at radius 3 is 2.78 bits per heavy atom. The van der Waals surface area contributed by atoms with Crippen molar-refractivity contribution >= 4 is 15.9 Å². The second kappa shape index (κ2) is 6.88. The Balaban J connectivity index is 2.30. The van der Waals surface area contributed by atoms with Crippen LogP contribution in [-0.2, 0) is 21.2 Å². The Hall–Kier alpha value is -2.26. The summed E-state index contributed by atoms with van der Waals surface area (Å²) in [4.78, 5) is 18.1. The first kappa shape index (κ1) is 17.1. The van der Waals surface area contributed by atoms with E-state index >= 15 is 0 Å². The molecular formula is C14H17FN4O3S. The van der Waals surface area contributed by atoms with Gasteiger partial charge < -0.3 is 10.3 Å². The van der Waals surface area contributed by atoms with Crippen molar-refractivity contribution in [3.05, 3.63) is 47.8 Å². The zero-order chi connectivity index (χ0) is 17.0. The van der Waals surface area contributed by atoms with Crippen molar-refractivity contribution in [2.45, 2.75) is 24.3 Å². The summed E-state index contributed by atoms with van der Waals surface area (Å²) in [5.74, 6) is -1.37. The monoisotopic (exact) mass is 340 g/mol. The summed E-state index contributed by atoms with van der Waals surface area (Å²) in [6, 6.07) is 2.97. The third-order valence-electron chi connectivity index (χ3n) is 3.29. The molecule has 1 aromatic carbocycles. The van der Waals surface area contributed by atoms with Gasteiger partial charge in [0, 0.05) is 25.4 Å². The second-order valence-corrected chi connectivity index (χ2v) is 6.64. The van der Waals surface area contributed by atoms with Gasteiger partial charge in [0.25, 0.3) is 0 Å². The number of amides is 1. The lowest BCUT2D eigenvalue weighted by molar-refractivity contribution is -0.122. The van der Waals surface area contributed by atoms with Gasteiger partial charge in [0.05, 0.1) is 6.33 Å². The van der Waals surface area contributed by atoms with Crippen molar-refractivity contribution in [2.75, 3.05) is 7.05 Å². The first-order chi connectivity index (χ1) is 10.8. The van der Waals surface area contributed by atoms with Crippen molar-refractivity contribution in [1.82, 2.24) is 20.0 Å². The SMILES string of the molecule is CNC(=O)[C@H](Cc1cnc[nH]1)NS(=O)(=O)c1cccc(C)c1F. The van der Waals surface area contributed by atoms with E-state index in [2.05, 4.69) is 20.0 Å². The van der Waals surface area contributed by atoms with Gasteiger partial charge in [0.15, 0.2) is 0 Å². The molecule has 2 rings (SSSR count). The van der Waals surface area contributed by atoms with E-state index in [0.717, 1.165) is 6.07 Å². The van der Waals surface area contributed by atoms with Crippen LogP contribution in [0.4, 0.5) is 4.39 Å². The molecule has 1 aromatic heterocycles. The predicted molar refractivity (Wildman–Crippen MR) is 81.6 cm³/mol. The van der Waals surface area contributed by atoms with Crippen LogP contribution in [0.1, 0.15) is 11.3 Å². The zero-order valence-corrected chi connectivity index (χ0v) is 13.4. The van der Waals surface area contributed by atoms with Gasteiger partial charge in [-0.3, -0.25) is 4.79 Å².